The molecule has 1 aromatic heterocycles. The standard InChI is InChI=1S/C22H20N4.2C2H6/c1-4-24-18-13-22-20(11-15(18)3)25-19-10-14(2)17(23)12-21(19)26(22)16-8-6-5-7-9-16;2*1-2/h4-13,23H,1-3H3;2*1-2H3/p+1. The molecule has 0 amide bonds. The fraction of sp³-hybridized carbons (Fsp3) is 0.269. The number of hydrogen-bond acceptors (Lipinski definition) is 3. The largest absolute Gasteiger partial charge is 0.398 e. The van der Waals surface area contributed by atoms with Crippen LogP contribution in [0.15, 0.2) is 59.6 Å². The van der Waals surface area contributed by atoms with E-state index in [4.69, 9.17) is 10.7 Å². The van der Waals surface area contributed by atoms with Crippen molar-refractivity contribution >= 4 is 39.7 Å². The van der Waals surface area contributed by atoms with Crippen LogP contribution in [0.3, 0.4) is 0 Å². The van der Waals surface area contributed by atoms with Gasteiger partial charge in [-0.15, -0.1) is 4.57 Å². The normalized spacial score (nSPS) is 10.5. The zero-order chi connectivity index (χ0) is 22.3. The molecule has 0 unspecified atom stereocenters. The molecule has 3 aromatic carbocycles. The number of aromatic nitrogens is 2. The molecule has 4 rings (SSSR count). The molecule has 0 saturated carbocycles. The molecule has 0 radical (unpaired) electrons. The molecule has 0 aliphatic rings. The highest BCUT2D eigenvalue weighted by Crippen LogP contribution is 2.27. The van der Waals surface area contributed by atoms with Crippen molar-refractivity contribution in [3.63, 3.8) is 0 Å². The molecule has 1 heterocycles. The average molecular weight is 402 g/mol. The molecular formula is C26H33N4+. The third-order valence-electron chi connectivity index (χ3n) is 4.66. The highest BCUT2D eigenvalue weighted by molar-refractivity contribution is 5.87. The molecule has 0 atom stereocenters. The highest BCUT2D eigenvalue weighted by atomic mass is 15.0. The summed E-state index contributed by atoms with van der Waals surface area (Å²) in [6.45, 7) is 14.0. The zero-order valence-electron chi connectivity index (χ0n) is 19.2. The van der Waals surface area contributed by atoms with Gasteiger partial charge in [0.25, 0.3) is 0 Å². The van der Waals surface area contributed by atoms with Gasteiger partial charge in [0.05, 0.1) is 5.69 Å². The van der Waals surface area contributed by atoms with Crippen molar-refractivity contribution in [1.82, 2.24) is 4.98 Å². The number of para-hydroxylation sites is 1. The number of aliphatic imine (C=N–C) groups is 1. The Bertz CT molecular complexity index is 1160. The van der Waals surface area contributed by atoms with Crippen LogP contribution < -0.4 is 10.3 Å². The van der Waals surface area contributed by atoms with Crippen LogP contribution in [0.2, 0.25) is 0 Å². The number of benzene rings is 3. The molecular weight excluding hydrogens is 368 g/mol. The van der Waals surface area contributed by atoms with E-state index in [9.17, 15) is 0 Å². The SMILES string of the molecule is CC.CC.CC=Nc1cc2c(cc1C)nc1cc(C)c(N)cc1[n+]2-c1ccccc1. The van der Waals surface area contributed by atoms with Crippen molar-refractivity contribution < 1.29 is 4.57 Å². The number of nitrogens with two attached hydrogens (primary N) is 1. The minimum absolute atomic E-state index is 0.766. The fourth-order valence-corrected chi connectivity index (χ4v) is 3.30. The van der Waals surface area contributed by atoms with Gasteiger partial charge >= 0.3 is 0 Å². The van der Waals surface area contributed by atoms with Gasteiger partial charge < -0.3 is 5.73 Å². The van der Waals surface area contributed by atoms with Gasteiger partial charge in [0, 0.05) is 36.2 Å². The van der Waals surface area contributed by atoms with Crippen LogP contribution in [0.5, 0.6) is 0 Å². The van der Waals surface area contributed by atoms with Crippen LogP contribution in [0.1, 0.15) is 45.7 Å². The average Bonchev–Trinajstić information content (AvgIpc) is 2.78. The first-order valence-electron chi connectivity index (χ1n) is 10.7. The van der Waals surface area contributed by atoms with E-state index in [0.29, 0.717) is 0 Å². The van der Waals surface area contributed by atoms with Gasteiger partial charge in [-0.2, -0.15) is 0 Å². The third kappa shape index (κ3) is 4.48. The summed E-state index contributed by atoms with van der Waals surface area (Å²) < 4.78 is 2.21. The van der Waals surface area contributed by atoms with E-state index in [-0.39, 0.29) is 0 Å². The monoisotopic (exact) mass is 401 g/mol. The van der Waals surface area contributed by atoms with E-state index in [1.54, 1.807) is 0 Å². The Kier molecular flexibility index (Phi) is 8.05. The lowest BCUT2D eigenvalue weighted by atomic mass is 10.1. The maximum Gasteiger partial charge on any atom is 0.239 e. The Morgan fingerprint density at radius 2 is 1.40 bits per heavy atom. The predicted octanol–water partition coefficient (Wildman–Crippen LogP) is 6.64. The molecule has 0 bridgehead atoms. The lowest BCUT2D eigenvalue weighted by Crippen LogP contribution is -2.33. The molecule has 0 saturated heterocycles. The number of anilines is 1. The second-order valence-electron chi connectivity index (χ2n) is 6.49. The number of aryl methyl sites for hydroxylation is 2. The quantitative estimate of drug-likeness (QED) is 0.177. The topological polar surface area (TPSA) is 55.1 Å². The maximum atomic E-state index is 6.21. The summed E-state index contributed by atoms with van der Waals surface area (Å²) in [5, 5.41) is 0. The van der Waals surface area contributed by atoms with Gasteiger partial charge in [-0.3, -0.25) is 4.99 Å². The number of rotatable bonds is 2. The summed E-state index contributed by atoms with van der Waals surface area (Å²) in [5.74, 6) is 0. The van der Waals surface area contributed by atoms with Gasteiger partial charge in [-0.05, 0) is 44.0 Å². The Morgan fingerprint density at radius 1 is 0.833 bits per heavy atom. The van der Waals surface area contributed by atoms with Crippen molar-refractivity contribution in [2.24, 2.45) is 4.99 Å². The van der Waals surface area contributed by atoms with E-state index >= 15 is 0 Å². The second-order valence-corrected chi connectivity index (χ2v) is 6.49. The second kappa shape index (κ2) is 10.5. The molecule has 30 heavy (non-hydrogen) atoms. The van der Waals surface area contributed by atoms with Crippen LogP contribution >= 0.6 is 0 Å². The summed E-state index contributed by atoms with van der Waals surface area (Å²) in [4.78, 5) is 9.41. The minimum Gasteiger partial charge on any atom is -0.398 e. The molecule has 4 nitrogen and oxygen atoms in total. The van der Waals surface area contributed by atoms with E-state index in [1.165, 1.54) is 0 Å². The van der Waals surface area contributed by atoms with Crippen molar-refractivity contribution in [2.45, 2.75) is 48.5 Å². The van der Waals surface area contributed by atoms with Gasteiger partial charge in [-0.25, -0.2) is 4.98 Å². The van der Waals surface area contributed by atoms with Crippen molar-refractivity contribution in [3.05, 3.63) is 65.7 Å². The van der Waals surface area contributed by atoms with E-state index < -0.39 is 0 Å². The Morgan fingerprint density at radius 3 is 2.00 bits per heavy atom. The number of nitrogen functional groups attached to an aromatic ring is 1. The summed E-state index contributed by atoms with van der Waals surface area (Å²) in [6.07, 6.45) is 1.82. The van der Waals surface area contributed by atoms with Gasteiger partial charge in [-0.1, -0.05) is 45.9 Å². The molecule has 4 aromatic rings. The minimum atomic E-state index is 0.766. The van der Waals surface area contributed by atoms with Crippen LogP contribution in [0.25, 0.3) is 27.8 Å². The molecule has 0 aliphatic carbocycles. The first kappa shape index (κ1) is 23.0. The van der Waals surface area contributed by atoms with Crippen LogP contribution in [0.4, 0.5) is 11.4 Å². The van der Waals surface area contributed by atoms with Crippen molar-refractivity contribution in [2.75, 3.05) is 5.73 Å². The number of hydrogen-bond donors (Lipinski definition) is 1. The predicted molar refractivity (Wildman–Crippen MR) is 131 cm³/mol. The van der Waals surface area contributed by atoms with Crippen LogP contribution in [-0.4, -0.2) is 11.2 Å². The lowest BCUT2D eigenvalue weighted by Gasteiger charge is -2.09. The highest BCUT2D eigenvalue weighted by Gasteiger charge is 2.21. The fourth-order valence-electron chi connectivity index (χ4n) is 3.30. The summed E-state index contributed by atoms with van der Waals surface area (Å²) in [6, 6.07) is 18.5. The Labute approximate surface area is 180 Å². The Hall–Kier alpha value is -3.27. The van der Waals surface area contributed by atoms with Crippen molar-refractivity contribution in [3.8, 4) is 5.69 Å². The van der Waals surface area contributed by atoms with Crippen LogP contribution in [0, 0.1) is 13.8 Å². The molecule has 156 valence electrons. The number of fused-ring (bicyclic) bond motifs is 2. The molecule has 2 N–H and O–H groups in total. The van der Waals surface area contributed by atoms with E-state index in [1.807, 2.05) is 72.0 Å². The lowest BCUT2D eigenvalue weighted by molar-refractivity contribution is -0.538. The molecule has 0 spiro atoms. The van der Waals surface area contributed by atoms with E-state index in [2.05, 4.69) is 46.8 Å². The summed E-state index contributed by atoms with van der Waals surface area (Å²) in [7, 11) is 0. The molecule has 4 heteroatoms. The van der Waals surface area contributed by atoms with Gasteiger partial charge in [0.2, 0.25) is 16.7 Å². The van der Waals surface area contributed by atoms with Gasteiger partial charge in [0.1, 0.15) is 11.0 Å². The number of nitrogens with zero attached hydrogens (tertiary/aromatic N) is 3. The van der Waals surface area contributed by atoms with Crippen LogP contribution in [-0.2, 0) is 0 Å². The molecule has 0 aliphatic heterocycles. The zero-order valence-corrected chi connectivity index (χ0v) is 19.2. The smallest absolute Gasteiger partial charge is 0.239 e. The van der Waals surface area contributed by atoms with E-state index in [0.717, 1.165) is 50.3 Å². The van der Waals surface area contributed by atoms with Gasteiger partial charge in [0.15, 0.2) is 0 Å². The summed E-state index contributed by atoms with van der Waals surface area (Å²) in [5.41, 5.74) is 15.0. The van der Waals surface area contributed by atoms with Crippen molar-refractivity contribution in [1.29, 1.82) is 0 Å². The summed E-state index contributed by atoms with van der Waals surface area (Å²) >= 11 is 0. The molecule has 0 fully saturated rings. The Balaban J connectivity index is 0.000000757. The maximum absolute atomic E-state index is 6.21. The first-order chi connectivity index (χ1) is 14.6. The first-order valence-corrected chi connectivity index (χ1v) is 10.7. The third-order valence-corrected chi connectivity index (χ3v) is 4.66.